The molecule has 3 nitrogen and oxygen atoms in total. The molecule has 0 aliphatic heterocycles. The zero-order valence-electron chi connectivity index (χ0n) is 7.16. The van der Waals surface area contributed by atoms with E-state index in [1.807, 2.05) is 6.92 Å². The Bertz CT molecular complexity index is 514. The van der Waals surface area contributed by atoms with Crippen molar-refractivity contribution in [3.8, 4) is 5.75 Å². The van der Waals surface area contributed by atoms with Crippen molar-refractivity contribution >= 4 is 10.9 Å². The summed E-state index contributed by atoms with van der Waals surface area (Å²) in [6.45, 7) is 1.89. The molecule has 0 radical (unpaired) electrons. The number of aryl methyl sites for hydroxylation is 1. The number of hydrogen-bond acceptors (Lipinski definition) is 2. The SMILES string of the molecule is Cc1cc(O)cc2[nH]c(=O)ccc12. The van der Waals surface area contributed by atoms with Gasteiger partial charge in [0.25, 0.3) is 0 Å². The molecule has 0 unspecified atom stereocenters. The standard InChI is InChI=1S/C10H9NO2/c1-6-4-7(12)5-9-8(6)2-3-10(13)11-9/h2-5,12H,1H3,(H,11,13). The summed E-state index contributed by atoms with van der Waals surface area (Å²) in [5.41, 5.74) is 1.47. The maximum absolute atomic E-state index is 11.0. The van der Waals surface area contributed by atoms with Crippen LogP contribution >= 0.6 is 0 Å². The van der Waals surface area contributed by atoms with Crippen molar-refractivity contribution in [1.82, 2.24) is 4.98 Å². The van der Waals surface area contributed by atoms with Crippen LogP contribution < -0.4 is 5.56 Å². The average molecular weight is 175 g/mol. The monoisotopic (exact) mass is 175 g/mol. The molecule has 13 heavy (non-hydrogen) atoms. The molecule has 0 aliphatic rings. The highest BCUT2D eigenvalue weighted by molar-refractivity contribution is 5.83. The summed E-state index contributed by atoms with van der Waals surface area (Å²) in [6.07, 6.45) is 0. The quantitative estimate of drug-likeness (QED) is 0.638. The first-order valence-electron chi connectivity index (χ1n) is 3.99. The normalized spacial score (nSPS) is 10.5. The predicted molar refractivity (Wildman–Crippen MR) is 51.0 cm³/mol. The van der Waals surface area contributed by atoms with Gasteiger partial charge < -0.3 is 10.1 Å². The molecule has 2 rings (SSSR count). The van der Waals surface area contributed by atoms with Gasteiger partial charge in [0.05, 0.1) is 5.52 Å². The molecule has 3 heteroatoms. The first kappa shape index (κ1) is 7.86. The Morgan fingerprint density at radius 1 is 1.31 bits per heavy atom. The summed E-state index contributed by atoms with van der Waals surface area (Å²) >= 11 is 0. The summed E-state index contributed by atoms with van der Waals surface area (Å²) in [6, 6.07) is 6.44. The van der Waals surface area contributed by atoms with Crippen LogP contribution in [-0.4, -0.2) is 10.1 Å². The molecule has 2 aromatic rings. The molecule has 1 aromatic heterocycles. The van der Waals surface area contributed by atoms with Crippen molar-refractivity contribution in [1.29, 1.82) is 0 Å². The fourth-order valence-corrected chi connectivity index (χ4v) is 1.44. The molecule has 0 saturated carbocycles. The summed E-state index contributed by atoms with van der Waals surface area (Å²) in [4.78, 5) is 13.6. The summed E-state index contributed by atoms with van der Waals surface area (Å²) in [7, 11) is 0. The number of phenolic OH excluding ortho intramolecular Hbond substituents is 1. The van der Waals surface area contributed by atoms with E-state index in [0.717, 1.165) is 10.9 Å². The van der Waals surface area contributed by atoms with E-state index in [-0.39, 0.29) is 11.3 Å². The van der Waals surface area contributed by atoms with Crippen molar-refractivity contribution in [2.45, 2.75) is 6.92 Å². The predicted octanol–water partition coefficient (Wildman–Crippen LogP) is 1.54. The third-order valence-corrected chi connectivity index (χ3v) is 2.03. The second-order valence-corrected chi connectivity index (χ2v) is 3.05. The first-order chi connectivity index (χ1) is 6.16. The fraction of sp³-hybridized carbons (Fsp3) is 0.100. The van der Waals surface area contributed by atoms with Gasteiger partial charge in [-0.25, -0.2) is 0 Å². The molecular formula is C10H9NO2. The van der Waals surface area contributed by atoms with E-state index in [2.05, 4.69) is 4.98 Å². The topological polar surface area (TPSA) is 53.1 Å². The van der Waals surface area contributed by atoms with Gasteiger partial charge in [-0.15, -0.1) is 0 Å². The third-order valence-electron chi connectivity index (χ3n) is 2.03. The Morgan fingerprint density at radius 2 is 2.08 bits per heavy atom. The van der Waals surface area contributed by atoms with Gasteiger partial charge in [-0.2, -0.15) is 0 Å². The van der Waals surface area contributed by atoms with Gasteiger partial charge in [-0.05, 0) is 24.6 Å². The number of nitrogens with one attached hydrogen (secondary N) is 1. The first-order valence-corrected chi connectivity index (χ1v) is 3.99. The molecule has 66 valence electrons. The number of aromatic nitrogens is 1. The molecule has 0 fully saturated rings. The van der Waals surface area contributed by atoms with E-state index in [1.54, 1.807) is 18.2 Å². The lowest BCUT2D eigenvalue weighted by atomic mass is 10.1. The van der Waals surface area contributed by atoms with Crippen LogP contribution in [0.1, 0.15) is 5.56 Å². The summed E-state index contributed by atoms with van der Waals surface area (Å²) in [5, 5.41) is 10.2. The molecule has 0 atom stereocenters. The van der Waals surface area contributed by atoms with Gasteiger partial charge >= 0.3 is 0 Å². The minimum Gasteiger partial charge on any atom is -0.508 e. The lowest BCUT2D eigenvalue weighted by Crippen LogP contribution is -2.02. The minimum atomic E-state index is -0.155. The van der Waals surface area contributed by atoms with Crippen LogP contribution in [0.3, 0.4) is 0 Å². The van der Waals surface area contributed by atoms with Gasteiger partial charge in [-0.3, -0.25) is 4.79 Å². The lowest BCUT2D eigenvalue weighted by Gasteiger charge is -2.01. The fourth-order valence-electron chi connectivity index (χ4n) is 1.44. The zero-order valence-corrected chi connectivity index (χ0v) is 7.16. The van der Waals surface area contributed by atoms with Crippen LogP contribution in [0.4, 0.5) is 0 Å². The van der Waals surface area contributed by atoms with Gasteiger partial charge in [0.15, 0.2) is 0 Å². The van der Waals surface area contributed by atoms with Crippen LogP contribution in [0.15, 0.2) is 29.1 Å². The lowest BCUT2D eigenvalue weighted by molar-refractivity contribution is 0.475. The van der Waals surface area contributed by atoms with Gasteiger partial charge in [0.2, 0.25) is 5.56 Å². The molecule has 0 bridgehead atoms. The number of pyridine rings is 1. The number of aromatic amines is 1. The molecule has 0 spiro atoms. The molecular weight excluding hydrogens is 166 g/mol. The molecule has 2 N–H and O–H groups in total. The van der Waals surface area contributed by atoms with Crippen molar-refractivity contribution in [2.24, 2.45) is 0 Å². The molecule has 0 saturated heterocycles. The van der Waals surface area contributed by atoms with E-state index in [9.17, 15) is 9.90 Å². The number of phenols is 1. The Morgan fingerprint density at radius 3 is 2.85 bits per heavy atom. The summed E-state index contributed by atoms with van der Waals surface area (Å²) in [5.74, 6) is 0.173. The van der Waals surface area contributed by atoms with Gasteiger partial charge in [0, 0.05) is 17.5 Å². The number of benzene rings is 1. The minimum absolute atomic E-state index is 0.155. The zero-order chi connectivity index (χ0) is 9.42. The Labute approximate surface area is 74.7 Å². The van der Waals surface area contributed by atoms with Crippen molar-refractivity contribution < 1.29 is 5.11 Å². The smallest absolute Gasteiger partial charge is 0.248 e. The van der Waals surface area contributed by atoms with Crippen molar-refractivity contribution in [3.63, 3.8) is 0 Å². The molecule has 0 amide bonds. The Kier molecular flexibility index (Phi) is 1.59. The van der Waals surface area contributed by atoms with Crippen LogP contribution in [-0.2, 0) is 0 Å². The summed E-state index contributed by atoms with van der Waals surface area (Å²) < 4.78 is 0. The number of hydrogen-bond donors (Lipinski definition) is 2. The van der Waals surface area contributed by atoms with Gasteiger partial charge in [-0.1, -0.05) is 0 Å². The number of rotatable bonds is 0. The maximum atomic E-state index is 11.0. The number of H-pyrrole nitrogens is 1. The van der Waals surface area contributed by atoms with E-state index in [4.69, 9.17) is 0 Å². The van der Waals surface area contributed by atoms with Crippen LogP contribution in [0.2, 0.25) is 0 Å². The largest absolute Gasteiger partial charge is 0.508 e. The molecule has 1 aromatic carbocycles. The Hall–Kier alpha value is -1.77. The van der Waals surface area contributed by atoms with E-state index in [0.29, 0.717) is 5.52 Å². The highest BCUT2D eigenvalue weighted by atomic mass is 16.3. The third kappa shape index (κ3) is 1.28. The highest BCUT2D eigenvalue weighted by Crippen LogP contribution is 2.20. The van der Waals surface area contributed by atoms with E-state index < -0.39 is 0 Å². The van der Waals surface area contributed by atoms with Crippen LogP contribution in [0.25, 0.3) is 10.9 Å². The highest BCUT2D eigenvalue weighted by Gasteiger charge is 1.99. The number of fused-ring (bicyclic) bond motifs is 1. The van der Waals surface area contributed by atoms with Crippen molar-refractivity contribution in [2.75, 3.05) is 0 Å². The maximum Gasteiger partial charge on any atom is 0.248 e. The number of aromatic hydroxyl groups is 1. The van der Waals surface area contributed by atoms with E-state index >= 15 is 0 Å². The average Bonchev–Trinajstić information content (AvgIpc) is 2.02. The van der Waals surface area contributed by atoms with Gasteiger partial charge in [0.1, 0.15) is 5.75 Å². The molecule has 1 heterocycles. The second-order valence-electron chi connectivity index (χ2n) is 3.05. The van der Waals surface area contributed by atoms with Crippen molar-refractivity contribution in [3.05, 3.63) is 40.2 Å². The Balaban J connectivity index is 2.94. The van der Waals surface area contributed by atoms with Crippen LogP contribution in [0.5, 0.6) is 5.75 Å². The second kappa shape index (κ2) is 2.62. The van der Waals surface area contributed by atoms with E-state index in [1.165, 1.54) is 6.07 Å². The van der Waals surface area contributed by atoms with Crippen LogP contribution in [0, 0.1) is 6.92 Å². The molecule has 0 aliphatic carbocycles.